The summed E-state index contributed by atoms with van der Waals surface area (Å²) in [6.45, 7) is 15.2. The van der Waals surface area contributed by atoms with Gasteiger partial charge < -0.3 is 24.8 Å². The molecular formula is C18H24Cl2O4P2Zr. The van der Waals surface area contributed by atoms with Crippen LogP contribution < -0.4 is 24.8 Å². The second-order valence-electron chi connectivity index (χ2n) is 7.28. The molecule has 0 radical (unpaired) electrons. The maximum atomic E-state index is 12.2. The Labute approximate surface area is 186 Å². The molecule has 2 aliphatic carbocycles. The van der Waals surface area contributed by atoms with Crippen LogP contribution in [0.25, 0.3) is 0 Å². The van der Waals surface area contributed by atoms with Crippen molar-refractivity contribution in [1.29, 1.82) is 0 Å². The van der Waals surface area contributed by atoms with Crippen LogP contribution in [0.4, 0.5) is 0 Å². The molecule has 0 amide bonds. The van der Waals surface area contributed by atoms with Gasteiger partial charge in [0.15, 0.2) is 0 Å². The van der Waals surface area contributed by atoms with E-state index in [9.17, 15) is 18.3 Å². The number of halogens is 2. The Morgan fingerprint density at radius 2 is 0.852 bits per heavy atom. The van der Waals surface area contributed by atoms with Gasteiger partial charge in [0.1, 0.15) is 0 Å². The van der Waals surface area contributed by atoms with E-state index < -0.39 is 48.9 Å². The van der Waals surface area contributed by atoms with E-state index in [0.29, 0.717) is 0 Å². The normalized spacial score (nSPS) is 27.6. The Morgan fingerprint density at radius 3 is 1.07 bits per heavy atom. The van der Waals surface area contributed by atoms with Crippen LogP contribution in [-0.4, -0.2) is 10.3 Å². The molecule has 0 fully saturated rings. The predicted molar refractivity (Wildman–Crippen MR) is 95.5 cm³/mol. The first-order chi connectivity index (χ1) is 11.3. The Kier molecular flexibility index (Phi) is 9.00. The second-order valence-corrected chi connectivity index (χ2v) is 13.2. The van der Waals surface area contributed by atoms with Gasteiger partial charge in [0.05, 0.1) is 0 Å². The van der Waals surface area contributed by atoms with E-state index in [1.54, 1.807) is 13.8 Å². The molecule has 0 aromatic heterocycles. The van der Waals surface area contributed by atoms with Crippen molar-refractivity contribution in [3.8, 4) is 0 Å². The largest absolute Gasteiger partial charge is 1.00 e. The monoisotopic (exact) mass is 526 g/mol. The van der Waals surface area contributed by atoms with E-state index in [1.165, 1.54) is 0 Å². The van der Waals surface area contributed by atoms with E-state index in [4.69, 9.17) is 0 Å². The third-order valence-corrected chi connectivity index (χ3v) is 15.6. The van der Waals surface area contributed by atoms with E-state index in [-0.39, 0.29) is 24.8 Å². The summed E-state index contributed by atoms with van der Waals surface area (Å²) in [5.41, 5.74) is 5.89. The molecule has 2 unspecified atom stereocenters. The molecule has 0 aromatic carbocycles. The molecule has 0 saturated heterocycles. The average Bonchev–Trinajstić information content (AvgIpc) is 2.81. The fourth-order valence-electron chi connectivity index (χ4n) is 3.79. The molecular weight excluding hydrogens is 504 g/mol. The SMILES string of the molecule is CC1=C(C)C(C)(P(=O)=O)[C]([Zr+2][C]2=C(C)C(C)=C(C)C2(C)P(=O)=O)=C1C.[Cl-].[Cl-]. The summed E-state index contributed by atoms with van der Waals surface area (Å²) in [4.78, 5) is 0. The summed E-state index contributed by atoms with van der Waals surface area (Å²) < 4.78 is 50.6. The fraction of sp³-hybridized carbons (Fsp3) is 0.556. The van der Waals surface area contributed by atoms with Gasteiger partial charge in [-0.05, 0) is 0 Å². The van der Waals surface area contributed by atoms with Gasteiger partial charge >= 0.3 is 163 Å². The molecule has 0 spiro atoms. The molecule has 0 N–H and O–H groups in total. The van der Waals surface area contributed by atoms with Gasteiger partial charge in [-0.25, -0.2) is 0 Å². The van der Waals surface area contributed by atoms with Crippen molar-refractivity contribution in [2.45, 2.75) is 65.7 Å². The minimum absolute atomic E-state index is 0. The molecule has 2 atom stereocenters. The minimum atomic E-state index is -2.68. The number of hydrogen-bond donors (Lipinski definition) is 0. The molecule has 0 aliphatic heterocycles. The molecule has 4 nitrogen and oxygen atoms in total. The first-order valence-corrected chi connectivity index (χ1v) is 13.0. The van der Waals surface area contributed by atoms with Crippen LogP contribution in [0.5, 0.6) is 0 Å². The van der Waals surface area contributed by atoms with Crippen LogP contribution in [0.2, 0.25) is 0 Å². The molecule has 0 aromatic rings. The van der Waals surface area contributed by atoms with Gasteiger partial charge in [0.2, 0.25) is 0 Å². The molecule has 0 saturated carbocycles. The van der Waals surface area contributed by atoms with Crippen LogP contribution in [-0.2, 0) is 41.5 Å². The van der Waals surface area contributed by atoms with Gasteiger partial charge in [0, 0.05) is 0 Å². The molecule has 2 aliphatic rings. The third kappa shape index (κ3) is 3.73. The molecule has 0 heterocycles. The maximum Gasteiger partial charge on any atom is -1.00 e. The topological polar surface area (TPSA) is 68.3 Å². The van der Waals surface area contributed by atoms with Gasteiger partial charge in [-0.3, -0.25) is 0 Å². The summed E-state index contributed by atoms with van der Waals surface area (Å²) in [6.07, 6.45) is 0. The zero-order valence-corrected chi connectivity index (χ0v) is 22.5. The maximum absolute atomic E-state index is 12.2. The number of allylic oxidation sites excluding steroid dienone is 8. The van der Waals surface area contributed by atoms with Gasteiger partial charge in [-0.1, -0.05) is 0 Å². The fourth-order valence-corrected chi connectivity index (χ4v) is 12.0. The van der Waals surface area contributed by atoms with E-state index in [1.807, 2.05) is 41.5 Å². The summed E-state index contributed by atoms with van der Waals surface area (Å²) in [6, 6.07) is 0. The van der Waals surface area contributed by atoms with Crippen molar-refractivity contribution in [3.05, 3.63) is 40.0 Å². The molecule has 2 rings (SSSR count). The van der Waals surface area contributed by atoms with Crippen molar-refractivity contribution in [1.82, 2.24) is 0 Å². The van der Waals surface area contributed by atoms with E-state index in [0.717, 1.165) is 40.0 Å². The first kappa shape index (κ1) is 27.2. The van der Waals surface area contributed by atoms with Crippen LogP contribution in [0.3, 0.4) is 0 Å². The van der Waals surface area contributed by atoms with Crippen molar-refractivity contribution < 1.29 is 66.3 Å². The van der Waals surface area contributed by atoms with Crippen LogP contribution in [0.15, 0.2) is 40.0 Å². The second kappa shape index (κ2) is 8.93. The van der Waals surface area contributed by atoms with Crippen LogP contribution >= 0.6 is 15.4 Å². The van der Waals surface area contributed by atoms with Crippen LogP contribution in [0.1, 0.15) is 55.4 Å². The minimum Gasteiger partial charge on any atom is -1.00 e. The van der Waals surface area contributed by atoms with E-state index >= 15 is 0 Å². The average molecular weight is 528 g/mol. The van der Waals surface area contributed by atoms with Crippen molar-refractivity contribution in [2.75, 3.05) is 0 Å². The molecule has 27 heavy (non-hydrogen) atoms. The first-order valence-electron chi connectivity index (χ1n) is 8.18. The van der Waals surface area contributed by atoms with Gasteiger partial charge in [0.25, 0.3) is 0 Å². The Hall–Kier alpha value is 0.223. The summed E-state index contributed by atoms with van der Waals surface area (Å²) >= 11 is -1.60. The molecule has 0 bridgehead atoms. The summed E-state index contributed by atoms with van der Waals surface area (Å²) in [7, 11) is -5.36. The number of hydrogen-bond acceptors (Lipinski definition) is 4. The summed E-state index contributed by atoms with van der Waals surface area (Å²) in [5, 5.41) is -1.94. The zero-order chi connectivity index (χ0) is 19.5. The van der Waals surface area contributed by atoms with Gasteiger partial charge in [-0.15, -0.1) is 0 Å². The summed E-state index contributed by atoms with van der Waals surface area (Å²) in [5.74, 6) is 0. The standard InChI is InChI=1S/2C9H12O2P.2ClH.Zr/c2*1-6-5-9(4,12(10)11)8(3)7(6)2;;;/h2*1-4H3;2*1H;/q;;;;+2/p-2. The Bertz CT molecular complexity index is 862. The number of rotatable bonds is 4. The predicted octanol–water partition coefficient (Wildman–Crippen LogP) is 0.188. The van der Waals surface area contributed by atoms with Crippen molar-refractivity contribution >= 4 is 15.4 Å². The Morgan fingerprint density at radius 1 is 0.593 bits per heavy atom. The third-order valence-electron chi connectivity index (χ3n) is 6.41. The van der Waals surface area contributed by atoms with Crippen molar-refractivity contribution in [2.24, 2.45) is 0 Å². The van der Waals surface area contributed by atoms with Crippen LogP contribution in [0, 0.1) is 0 Å². The van der Waals surface area contributed by atoms with Gasteiger partial charge in [-0.2, -0.15) is 0 Å². The van der Waals surface area contributed by atoms with E-state index in [2.05, 4.69) is 0 Å². The molecule has 9 heteroatoms. The Balaban J connectivity index is 0.00000338. The zero-order valence-electron chi connectivity index (χ0n) is 16.8. The van der Waals surface area contributed by atoms with Crippen molar-refractivity contribution in [3.63, 3.8) is 0 Å². The molecule has 148 valence electrons. The quantitative estimate of drug-likeness (QED) is 0.489. The smallest absolute Gasteiger partial charge is 1.00 e.